The highest BCUT2D eigenvalue weighted by molar-refractivity contribution is 6.33. The van der Waals surface area contributed by atoms with Crippen LogP contribution in [0.2, 0.25) is 10.0 Å². The second-order valence-electron chi connectivity index (χ2n) is 5.74. The third kappa shape index (κ3) is 3.36. The molecule has 2 aromatic rings. The number of aromatic carboxylic acids is 1. The van der Waals surface area contributed by atoms with E-state index in [1.54, 1.807) is 22.9 Å². The van der Waals surface area contributed by atoms with E-state index < -0.39 is 11.4 Å². The average Bonchev–Trinajstić information content (AvgIpc) is 2.77. The smallest absolute Gasteiger partial charge is 0.358 e. The Morgan fingerprint density at radius 2 is 2.00 bits per heavy atom. The molecule has 1 aromatic heterocycles. The zero-order chi connectivity index (χ0) is 15.8. The number of rotatable bonds is 3. The first-order valence-corrected chi connectivity index (χ1v) is 7.07. The lowest BCUT2D eigenvalue weighted by molar-refractivity contribution is 0.0687. The van der Waals surface area contributed by atoms with E-state index in [1.165, 1.54) is 0 Å². The molecule has 5 nitrogen and oxygen atoms in total. The molecule has 0 amide bonds. The Morgan fingerprint density at radius 3 is 2.57 bits per heavy atom. The molecule has 0 saturated carbocycles. The van der Waals surface area contributed by atoms with Gasteiger partial charge in [-0.25, -0.2) is 9.48 Å². The second-order valence-corrected chi connectivity index (χ2v) is 6.58. The molecule has 0 saturated heterocycles. The number of halogens is 2. The van der Waals surface area contributed by atoms with Gasteiger partial charge in [-0.2, -0.15) is 0 Å². The van der Waals surface area contributed by atoms with Crippen molar-refractivity contribution in [2.75, 3.05) is 0 Å². The summed E-state index contributed by atoms with van der Waals surface area (Å²) in [5, 5.41) is 18.1. The molecule has 0 aliphatic rings. The fourth-order valence-electron chi connectivity index (χ4n) is 2.14. The van der Waals surface area contributed by atoms with Gasteiger partial charge in [-0.1, -0.05) is 49.2 Å². The lowest BCUT2D eigenvalue weighted by Crippen LogP contribution is -2.22. The van der Waals surface area contributed by atoms with Crippen LogP contribution < -0.4 is 0 Å². The fraction of sp³-hybridized carbons (Fsp3) is 0.357. The highest BCUT2D eigenvalue weighted by Crippen LogP contribution is 2.27. The van der Waals surface area contributed by atoms with Crippen LogP contribution in [0.4, 0.5) is 0 Å². The maximum Gasteiger partial charge on any atom is 0.358 e. The monoisotopic (exact) mass is 327 g/mol. The molecular formula is C14H15Cl2N3O2. The molecule has 1 aromatic carbocycles. The van der Waals surface area contributed by atoms with Crippen molar-refractivity contribution in [3.05, 3.63) is 45.2 Å². The summed E-state index contributed by atoms with van der Waals surface area (Å²) < 4.78 is 1.56. The highest BCUT2D eigenvalue weighted by atomic mass is 35.5. The lowest BCUT2D eigenvalue weighted by atomic mass is 9.90. The Labute approximate surface area is 132 Å². The predicted octanol–water partition coefficient (Wildman–Crippen LogP) is 3.63. The van der Waals surface area contributed by atoms with E-state index in [2.05, 4.69) is 10.3 Å². The molecule has 0 aliphatic heterocycles. The quantitative estimate of drug-likeness (QED) is 0.934. The van der Waals surface area contributed by atoms with Crippen LogP contribution in [0.25, 0.3) is 0 Å². The minimum absolute atomic E-state index is 0.0411. The van der Waals surface area contributed by atoms with Crippen LogP contribution in [0.5, 0.6) is 0 Å². The normalized spacial score (nSPS) is 11.7. The van der Waals surface area contributed by atoms with Crippen molar-refractivity contribution in [2.24, 2.45) is 0 Å². The minimum Gasteiger partial charge on any atom is -0.476 e. The van der Waals surface area contributed by atoms with E-state index in [0.717, 1.165) is 5.56 Å². The summed E-state index contributed by atoms with van der Waals surface area (Å²) in [7, 11) is 0. The van der Waals surface area contributed by atoms with E-state index in [4.69, 9.17) is 23.2 Å². The van der Waals surface area contributed by atoms with Crippen molar-refractivity contribution < 1.29 is 9.90 Å². The van der Waals surface area contributed by atoms with Crippen LogP contribution >= 0.6 is 23.2 Å². The maximum atomic E-state index is 11.3. The fourth-order valence-corrected chi connectivity index (χ4v) is 2.51. The molecular weight excluding hydrogens is 313 g/mol. The van der Waals surface area contributed by atoms with Crippen molar-refractivity contribution >= 4 is 29.2 Å². The molecule has 0 fully saturated rings. The molecule has 1 heterocycles. The molecule has 0 aliphatic carbocycles. The first-order valence-electron chi connectivity index (χ1n) is 6.31. The molecule has 0 radical (unpaired) electrons. The van der Waals surface area contributed by atoms with E-state index >= 15 is 0 Å². The molecule has 2 rings (SSSR count). The molecule has 7 heteroatoms. The number of benzene rings is 1. The van der Waals surface area contributed by atoms with Gasteiger partial charge in [0.05, 0.1) is 12.2 Å². The van der Waals surface area contributed by atoms with Crippen LogP contribution in [-0.4, -0.2) is 26.1 Å². The summed E-state index contributed by atoms with van der Waals surface area (Å²) in [6, 6.07) is 5.13. The summed E-state index contributed by atoms with van der Waals surface area (Å²) in [5.41, 5.74) is 0.852. The van der Waals surface area contributed by atoms with Crippen LogP contribution in [0.1, 0.15) is 42.5 Å². The van der Waals surface area contributed by atoms with Crippen LogP contribution in [0.15, 0.2) is 18.2 Å². The van der Waals surface area contributed by atoms with Crippen LogP contribution in [0, 0.1) is 0 Å². The van der Waals surface area contributed by atoms with Gasteiger partial charge in [0, 0.05) is 15.5 Å². The van der Waals surface area contributed by atoms with Gasteiger partial charge >= 0.3 is 5.97 Å². The first kappa shape index (κ1) is 15.8. The van der Waals surface area contributed by atoms with Crippen LogP contribution in [0.3, 0.4) is 0 Å². The summed E-state index contributed by atoms with van der Waals surface area (Å²) in [4.78, 5) is 11.3. The zero-order valence-corrected chi connectivity index (χ0v) is 13.4. The van der Waals surface area contributed by atoms with E-state index in [-0.39, 0.29) is 5.69 Å². The largest absolute Gasteiger partial charge is 0.476 e. The van der Waals surface area contributed by atoms with Gasteiger partial charge < -0.3 is 5.11 Å². The lowest BCUT2D eigenvalue weighted by Gasteiger charge is -2.20. The maximum absolute atomic E-state index is 11.3. The predicted molar refractivity (Wildman–Crippen MR) is 81.2 cm³/mol. The SMILES string of the molecule is CC(C)(C)c1c(C(=O)O)nnn1Cc1cc(Cl)ccc1Cl. The number of carboxylic acid groups (broad SMARTS) is 1. The Balaban J connectivity index is 2.50. The van der Waals surface area contributed by atoms with Crippen molar-refractivity contribution in [1.29, 1.82) is 0 Å². The molecule has 1 N–H and O–H groups in total. The number of aromatic nitrogens is 3. The number of hydrogen-bond acceptors (Lipinski definition) is 3. The Hall–Kier alpha value is -1.59. The number of nitrogens with zero attached hydrogens (tertiary/aromatic N) is 3. The van der Waals surface area contributed by atoms with Crippen molar-refractivity contribution in [3.63, 3.8) is 0 Å². The van der Waals surface area contributed by atoms with Gasteiger partial charge in [0.25, 0.3) is 0 Å². The van der Waals surface area contributed by atoms with Gasteiger partial charge in [-0.15, -0.1) is 5.10 Å². The third-order valence-electron chi connectivity index (χ3n) is 2.98. The van der Waals surface area contributed by atoms with Gasteiger partial charge in [0.1, 0.15) is 0 Å². The number of carboxylic acids is 1. The van der Waals surface area contributed by atoms with Crippen molar-refractivity contribution in [3.8, 4) is 0 Å². The van der Waals surface area contributed by atoms with Crippen LogP contribution in [-0.2, 0) is 12.0 Å². The van der Waals surface area contributed by atoms with Gasteiger partial charge in [-0.05, 0) is 23.8 Å². The minimum atomic E-state index is -1.09. The standard InChI is InChI=1S/C14H15Cl2N3O2/c1-14(2,3)12-11(13(20)21)17-18-19(12)7-8-6-9(15)4-5-10(8)16/h4-6H,7H2,1-3H3,(H,20,21). The molecule has 112 valence electrons. The number of carbonyl (C=O) groups is 1. The Morgan fingerprint density at radius 1 is 1.33 bits per heavy atom. The summed E-state index contributed by atoms with van der Waals surface area (Å²) in [6.07, 6.45) is 0. The Kier molecular flexibility index (Phi) is 4.25. The van der Waals surface area contributed by atoms with E-state index in [0.29, 0.717) is 22.3 Å². The second kappa shape index (κ2) is 5.66. The van der Waals surface area contributed by atoms with E-state index in [1.807, 2.05) is 20.8 Å². The molecule has 0 unspecified atom stereocenters. The van der Waals surface area contributed by atoms with Gasteiger partial charge in [0.2, 0.25) is 0 Å². The molecule has 21 heavy (non-hydrogen) atoms. The van der Waals surface area contributed by atoms with Crippen molar-refractivity contribution in [1.82, 2.24) is 15.0 Å². The van der Waals surface area contributed by atoms with Gasteiger partial charge in [-0.3, -0.25) is 0 Å². The third-order valence-corrected chi connectivity index (χ3v) is 3.58. The van der Waals surface area contributed by atoms with Gasteiger partial charge in [0.15, 0.2) is 5.69 Å². The molecule has 0 spiro atoms. The average molecular weight is 328 g/mol. The number of hydrogen-bond donors (Lipinski definition) is 1. The molecule has 0 atom stereocenters. The molecule has 0 bridgehead atoms. The first-order chi connectivity index (χ1) is 9.70. The van der Waals surface area contributed by atoms with Crippen molar-refractivity contribution in [2.45, 2.75) is 32.7 Å². The highest BCUT2D eigenvalue weighted by Gasteiger charge is 2.29. The summed E-state index contributed by atoms with van der Waals surface area (Å²) >= 11 is 12.1. The topological polar surface area (TPSA) is 68.0 Å². The Bertz CT molecular complexity index is 690. The zero-order valence-electron chi connectivity index (χ0n) is 11.9. The van der Waals surface area contributed by atoms with E-state index in [9.17, 15) is 9.90 Å². The summed E-state index contributed by atoms with van der Waals surface area (Å²) in [5.74, 6) is -1.09. The summed E-state index contributed by atoms with van der Waals surface area (Å²) in [6.45, 7) is 6.04.